The molecule has 0 aliphatic carbocycles. The number of carbonyl (C=O) groups excluding carboxylic acids is 2. The first kappa shape index (κ1) is 24.7. The number of piperidine rings is 1. The van der Waals surface area contributed by atoms with Gasteiger partial charge in [-0.1, -0.05) is 23.4 Å². The second kappa shape index (κ2) is 9.49. The Morgan fingerprint density at radius 3 is 2.41 bits per heavy atom. The number of para-hydroxylation sites is 1. The third-order valence-corrected chi connectivity index (χ3v) is 6.72. The van der Waals surface area contributed by atoms with Crippen LogP contribution in [-0.4, -0.2) is 62.8 Å². The normalized spacial score (nSPS) is 17.5. The molecule has 10 heteroatoms. The number of rotatable bonds is 4. The van der Waals surface area contributed by atoms with Crippen molar-refractivity contribution in [2.24, 2.45) is 0 Å². The molecule has 1 aromatic heterocycles. The summed E-state index contributed by atoms with van der Waals surface area (Å²) >= 11 is 0. The molecule has 0 unspecified atom stereocenters. The maximum atomic E-state index is 13.9. The van der Waals surface area contributed by atoms with Crippen molar-refractivity contribution in [2.45, 2.75) is 51.3 Å². The molecule has 2 aliphatic heterocycles. The van der Waals surface area contributed by atoms with Gasteiger partial charge in [0.05, 0.1) is 6.67 Å². The summed E-state index contributed by atoms with van der Waals surface area (Å²) in [5.41, 5.74) is 0.182. The molecule has 3 heterocycles. The monoisotopic (exact) mass is 507 g/mol. The number of nitrogens with zero attached hydrogens (tertiary/aromatic N) is 5. The minimum absolute atomic E-state index is 0.0401. The number of benzene rings is 2. The molecule has 194 valence electrons. The van der Waals surface area contributed by atoms with E-state index in [9.17, 15) is 14.0 Å². The van der Waals surface area contributed by atoms with Gasteiger partial charge in [0.1, 0.15) is 23.5 Å². The van der Waals surface area contributed by atoms with E-state index in [1.165, 1.54) is 12.1 Å². The predicted octanol–water partition coefficient (Wildman–Crippen LogP) is 4.45. The van der Waals surface area contributed by atoms with Crippen LogP contribution in [0.4, 0.5) is 14.9 Å². The molecule has 2 aromatic carbocycles. The van der Waals surface area contributed by atoms with E-state index in [1.807, 2.05) is 51.1 Å². The number of ether oxygens (including phenoxy) is 1. The molecule has 0 radical (unpaired) electrons. The summed E-state index contributed by atoms with van der Waals surface area (Å²) in [4.78, 5) is 36.5. The van der Waals surface area contributed by atoms with E-state index in [-0.39, 0.29) is 24.4 Å². The third-order valence-electron chi connectivity index (χ3n) is 6.72. The molecular formula is C27H30FN5O4. The fourth-order valence-electron chi connectivity index (χ4n) is 4.91. The summed E-state index contributed by atoms with van der Waals surface area (Å²) < 4.78 is 24.2. The van der Waals surface area contributed by atoms with Gasteiger partial charge in [-0.15, -0.1) is 0 Å². The summed E-state index contributed by atoms with van der Waals surface area (Å²) in [5, 5.41) is 4.00. The molecule has 3 aromatic rings. The smallest absolute Gasteiger partial charge is 0.410 e. The zero-order valence-corrected chi connectivity index (χ0v) is 21.2. The average Bonchev–Trinajstić information content (AvgIpc) is 3.44. The Morgan fingerprint density at radius 2 is 1.76 bits per heavy atom. The van der Waals surface area contributed by atoms with E-state index in [1.54, 1.807) is 21.9 Å². The molecule has 9 nitrogen and oxygen atoms in total. The summed E-state index contributed by atoms with van der Waals surface area (Å²) in [7, 11) is 0. The van der Waals surface area contributed by atoms with Crippen molar-refractivity contribution in [3.8, 4) is 11.4 Å². The van der Waals surface area contributed by atoms with E-state index < -0.39 is 11.1 Å². The Balaban J connectivity index is 1.36. The second-order valence-electron chi connectivity index (χ2n) is 10.4. The highest BCUT2D eigenvalue weighted by molar-refractivity contribution is 5.93. The lowest BCUT2D eigenvalue weighted by Gasteiger charge is -2.43. The Morgan fingerprint density at radius 1 is 1.08 bits per heavy atom. The van der Waals surface area contributed by atoms with Crippen molar-refractivity contribution < 1.29 is 23.2 Å². The van der Waals surface area contributed by atoms with Gasteiger partial charge in [-0.3, -0.25) is 4.79 Å². The van der Waals surface area contributed by atoms with Crippen LogP contribution >= 0.6 is 0 Å². The van der Waals surface area contributed by atoms with Crippen LogP contribution in [0.5, 0.6) is 0 Å². The van der Waals surface area contributed by atoms with E-state index in [0.717, 1.165) is 5.69 Å². The lowest BCUT2D eigenvalue weighted by molar-refractivity contribution is -0.134. The molecule has 2 saturated heterocycles. The molecule has 37 heavy (non-hydrogen) atoms. The van der Waals surface area contributed by atoms with Crippen LogP contribution in [0.1, 0.15) is 39.5 Å². The lowest BCUT2D eigenvalue weighted by Crippen LogP contribution is -2.57. The first-order chi connectivity index (χ1) is 17.6. The average molecular weight is 508 g/mol. The number of hydrogen-bond donors (Lipinski definition) is 0. The van der Waals surface area contributed by atoms with Crippen molar-refractivity contribution in [3.05, 3.63) is 66.3 Å². The SMILES string of the molecule is CC(C)(C)OC(=O)N1CCC2(CC1)C(=O)N(Cc1nc(-c3ccc(F)cc3)no1)CN2c1ccccc1. The number of aromatic nitrogens is 2. The molecule has 1 spiro atoms. The van der Waals surface area contributed by atoms with Crippen molar-refractivity contribution in [1.82, 2.24) is 19.9 Å². The first-order valence-electron chi connectivity index (χ1n) is 12.3. The van der Waals surface area contributed by atoms with Gasteiger partial charge in [0.2, 0.25) is 11.7 Å². The van der Waals surface area contributed by atoms with Gasteiger partial charge in [0, 0.05) is 24.3 Å². The van der Waals surface area contributed by atoms with Gasteiger partial charge in [-0.2, -0.15) is 4.98 Å². The van der Waals surface area contributed by atoms with Gasteiger partial charge >= 0.3 is 6.09 Å². The van der Waals surface area contributed by atoms with E-state index in [0.29, 0.717) is 49.9 Å². The number of amides is 2. The highest BCUT2D eigenvalue weighted by Crippen LogP contribution is 2.40. The standard InChI is InChI=1S/C27H30FN5O4/c1-26(2,3)36-25(35)31-15-13-27(14-16-31)24(34)32(18-33(27)21-7-5-4-6-8-21)17-22-29-23(30-37-22)19-9-11-20(28)12-10-19/h4-12H,13-18H2,1-3H3. The van der Waals surface area contributed by atoms with Crippen LogP contribution in [-0.2, 0) is 16.1 Å². The molecular weight excluding hydrogens is 477 g/mol. The number of carbonyl (C=O) groups is 2. The Bertz CT molecular complexity index is 1260. The molecule has 5 rings (SSSR count). The van der Waals surface area contributed by atoms with Crippen LogP contribution in [0.2, 0.25) is 0 Å². The van der Waals surface area contributed by atoms with Gasteiger partial charge in [-0.05, 0) is 70.0 Å². The maximum Gasteiger partial charge on any atom is 0.410 e. The molecule has 0 atom stereocenters. The maximum absolute atomic E-state index is 13.9. The van der Waals surface area contributed by atoms with E-state index >= 15 is 0 Å². The molecule has 2 amide bonds. The Kier molecular flexibility index (Phi) is 6.35. The van der Waals surface area contributed by atoms with Gasteiger partial charge < -0.3 is 24.0 Å². The number of halogens is 1. The highest BCUT2D eigenvalue weighted by atomic mass is 19.1. The third kappa shape index (κ3) is 5.00. The van der Waals surface area contributed by atoms with Gasteiger partial charge in [0.15, 0.2) is 0 Å². The largest absolute Gasteiger partial charge is 0.444 e. The number of hydrogen-bond acceptors (Lipinski definition) is 7. The molecule has 0 saturated carbocycles. The zero-order chi connectivity index (χ0) is 26.2. The quantitative estimate of drug-likeness (QED) is 0.515. The van der Waals surface area contributed by atoms with Gasteiger partial charge in [-0.25, -0.2) is 9.18 Å². The summed E-state index contributed by atoms with van der Waals surface area (Å²) in [6.45, 7) is 6.83. The zero-order valence-electron chi connectivity index (χ0n) is 21.2. The van der Waals surface area contributed by atoms with Crippen LogP contribution < -0.4 is 4.90 Å². The fourth-order valence-corrected chi connectivity index (χ4v) is 4.91. The van der Waals surface area contributed by atoms with Crippen LogP contribution in [0.15, 0.2) is 59.1 Å². The highest BCUT2D eigenvalue weighted by Gasteiger charge is 2.54. The Hall–Kier alpha value is -3.95. The molecule has 2 fully saturated rings. The van der Waals surface area contributed by atoms with Crippen molar-refractivity contribution in [3.63, 3.8) is 0 Å². The number of likely N-dealkylation sites (tertiary alicyclic amines) is 1. The van der Waals surface area contributed by atoms with Crippen molar-refractivity contribution >= 4 is 17.7 Å². The van der Waals surface area contributed by atoms with Gasteiger partial charge in [0.25, 0.3) is 5.91 Å². The minimum atomic E-state index is -0.792. The molecule has 0 bridgehead atoms. The van der Waals surface area contributed by atoms with Crippen molar-refractivity contribution in [1.29, 1.82) is 0 Å². The minimum Gasteiger partial charge on any atom is -0.444 e. The van der Waals surface area contributed by atoms with E-state index in [2.05, 4.69) is 15.0 Å². The fraction of sp³-hybridized carbons (Fsp3) is 0.407. The Labute approximate surface area is 214 Å². The van der Waals surface area contributed by atoms with Crippen LogP contribution in [0.3, 0.4) is 0 Å². The summed E-state index contributed by atoms with van der Waals surface area (Å²) in [5.74, 6) is 0.242. The molecule has 0 N–H and O–H groups in total. The lowest BCUT2D eigenvalue weighted by atomic mass is 9.85. The molecule has 2 aliphatic rings. The summed E-state index contributed by atoms with van der Waals surface area (Å²) in [6, 6.07) is 15.6. The number of anilines is 1. The first-order valence-corrected chi connectivity index (χ1v) is 12.3. The topological polar surface area (TPSA) is 92.0 Å². The summed E-state index contributed by atoms with van der Waals surface area (Å²) in [6.07, 6.45) is 0.581. The second-order valence-corrected chi connectivity index (χ2v) is 10.4. The van der Waals surface area contributed by atoms with Crippen LogP contribution in [0, 0.1) is 5.82 Å². The predicted molar refractivity (Wildman–Crippen MR) is 134 cm³/mol. The van der Waals surface area contributed by atoms with Crippen molar-refractivity contribution in [2.75, 3.05) is 24.7 Å². The van der Waals surface area contributed by atoms with E-state index in [4.69, 9.17) is 9.26 Å². The van der Waals surface area contributed by atoms with Crippen LogP contribution in [0.25, 0.3) is 11.4 Å².